The third-order valence-corrected chi connectivity index (χ3v) is 3.68. The van der Waals surface area contributed by atoms with Gasteiger partial charge in [-0.1, -0.05) is 11.6 Å². The van der Waals surface area contributed by atoms with Gasteiger partial charge in [-0.15, -0.1) is 0 Å². The first kappa shape index (κ1) is 14.3. The SMILES string of the molecule is COc1c(Cl)cc(CCCO)cc1S(C)(=O)=O. The van der Waals surface area contributed by atoms with Gasteiger partial charge in [-0.3, -0.25) is 0 Å². The van der Waals surface area contributed by atoms with E-state index in [-0.39, 0.29) is 22.3 Å². The Labute approximate surface area is 106 Å². The van der Waals surface area contributed by atoms with E-state index in [1.165, 1.54) is 13.2 Å². The minimum atomic E-state index is -3.39. The van der Waals surface area contributed by atoms with Gasteiger partial charge in [-0.25, -0.2) is 8.42 Å². The van der Waals surface area contributed by atoms with Crippen LogP contribution in [0.25, 0.3) is 0 Å². The van der Waals surface area contributed by atoms with Crippen LogP contribution in [0.4, 0.5) is 0 Å². The Morgan fingerprint density at radius 3 is 2.53 bits per heavy atom. The summed E-state index contributed by atoms with van der Waals surface area (Å²) in [5.41, 5.74) is 0.769. The average Bonchev–Trinajstić information content (AvgIpc) is 2.24. The Bertz CT molecular complexity index is 496. The fraction of sp³-hybridized carbons (Fsp3) is 0.455. The summed E-state index contributed by atoms with van der Waals surface area (Å²) in [6.07, 6.45) is 2.24. The van der Waals surface area contributed by atoms with Crippen LogP contribution in [-0.4, -0.2) is 33.5 Å². The van der Waals surface area contributed by atoms with Gasteiger partial charge in [0.2, 0.25) is 0 Å². The lowest BCUT2D eigenvalue weighted by molar-refractivity contribution is 0.288. The number of aliphatic hydroxyl groups excluding tert-OH is 1. The maximum absolute atomic E-state index is 11.6. The fourth-order valence-electron chi connectivity index (χ4n) is 1.52. The molecule has 1 aromatic rings. The highest BCUT2D eigenvalue weighted by Crippen LogP contribution is 2.33. The highest BCUT2D eigenvalue weighted by atomic mass is 35.5. The summed E-state index contributed by atoms with van der Waals surface area (Å²) >= 11 is 5.97. The Hall–Kier alpha value is -0.780. The van der Waals surface area contributed by atoms with Crippen molar-refractivity contribution < 1.29 is 18.3 Å². The molecule has 0 aliphatic heterocycles. The van der Waals surface area contributed by atoms with Crippen LogP contribution in [-0.2, 0) is 16.3 Å². The number of sulfone groups is 1. The van der Waals surface area contributed by atoms with Crippen LogP contribution in [0.1, 0.15) is 12.0 Å². The Morgan fingerprint density at radius 1 is 1.41 bits per heavy atom. The summed E-state index contributed by atoms with van der Waals surface area (Å²) in [5, 5.41) is 9.02. The zero-order valence-corrected chi connectivity index (χ0v) is 11.3. The van der Waals surface area contributed by atoms with Crippen LogP contribution in [0.5, 0.6) is 5.75 Å². The number of hydrogen-bond donors (Lipinski definition) is 1. The first-order chi connectivity index (χ1) is 7.90. The van der Waals surface area contributed by atoms with E-state index in [9.17, 15) is 8.42 Å². The van der Waals surface area contributed by atoms with Crippen LogP contribution in [0.15, 0.2) is 17.0 Å². The Morgan fingerprint density at radius 2 is 2.06 bits per heavy atom. The smallest absolute Gasteiger partial charge is 0.179 e. The van der Waals surface area contributed by atoms with E-state index in [2.05, 4.69) is 0 Å². The number of methoxy groups -OCH3 is 1. The molecule has 0 radical (unpaired) electrons. The molecule has 0 saturated heterocycles. The van der Waals surface area contributed by atoms with Gasteiger partial charge in [-0.05, 0) is 30.5 Å². The minimum absolute atomic E-state index is 0.0534. The second-order valence-electron chi connectivity index (χ2n) is 3.71. The molecule has 0 saturated carbocycles. The molecule has 6 heteroatoms. The third kappa shape index (κ3) is 3.59. The van der Waals surface area contributed by atoms with Crippen LogP contribution in [0.3, 0.4) is 0 Å². The quantitative estimate of drug-likeness (QED) is 0.890. The standard InChI is InChI=1S/C11H15ClO4S/c1-16-11-9(12)6-8(4-3-5-13)7-10(11)17(2,14)15/h6-7,13H,3-5H2,1-2H3. The normalized spacial score (nSPS) is 11.5. The first-order valence-electron chi connectivity index (χ1n) is 5.07. The lowest BCUT2D eigenvalue weighted by Crippen LogP contribution is -2.03. The Kier molecular flexibility index (Phi) is 4.80. The van der Waals surface area contributed by atoms with Crippen LogP contribution in [0.2, 0.25) is 5.02 Å². The van der Waals surface area contributed by atoms with Gasteiger partial charge in [0.25, 0.3) is 0 Å². The number of aliphatic hydroxyl groups is 1. The molecule has 0 aromatic heterocycles. The predicted molar refractivity (Wildman–Crippen MR) is 66.5 cm³/mol. The molecule has 0 aliphatic rings. The molecule has 0 heterocycles. The van der Waals surface area contributed by atoms with E-state index < -0.39 is 9.84 Å². The zero-order valence-electron chi connectivity index (χ0n) is 9.73. The molecule has 1 aromatic carbocycles. The second-order valence-corrected chi connectivity index (χ2v) is 6.10. The van der Waals surface area contributed by atoms with Crippen molar-refractivity contribution in [2.45, 2.75) is 17.7 Å². The lowest BCUT2D eigenvalue weighted by atomic mass is 10.1. The average molecular weight is 279 g/mol. The van der Waals surface area contributed by atoms with Crippen molar-refractivity contribution in [1.29, 1.82) is 0 Å². The van der Waals surface area contributed by atoms with Crippen molar-refractivity contribution in [2.24, 2.45) is 0 Å². The van der Waals surface area contributed by atoms with Crippen molar-refractivity contribution in [1.82, 2.24) is 0 Å². The van der Waals surface area contributed by atoms with Crippen LogP contribution in [0, 0.1) is 0 Å². The zero-order chi connectivity index (χ0) is 13.1. The van der Waals surface area contributed by atoms with Crippen molar-refractivity contribution >= 4 is 21.4 Å². The maximum Gasteiger partial charge on any atom is 0.179 e. The van der Waals surface area contributed by atoms with Gasteiger partial charge in [0, 0.05) is 12.9 Å². The molecule has 1 N–H and O–H groups in total. The number of ether oxygens (including phenoxy) is 1. The summed E-state index contributed by atoms with van der Waals surface area (Å²) in [4.78, 5) is 0.0837. The van der Waals surface area contributed by atoms with E-state index in [0.717, 1.165) is 11.8 Å². The summed E-state index contributed by atoms with van der Waals surface area (Å²) in [6.45, 7) is 0.0534. The monoisotopic (exact) mass is 278 g/mol. The van der Waals surface area contributed by atoms with Gasteiger partial charge >= 0.3 is 0 Å². The van der Waals surface area contributed by atoms with E-state index >= 15 is 0 Å². The summed E-state index contributed by atoms with van der Waals surface area (Å²) in [7, 11) is -2.01. The molecule has 4 nitrogen and oxygen atoms in total. The Balaban J connectivity index is 3.29. The molecule has 0 aliphatic carbocycles. The lowest BCUT2D eigenvalue weighted by Gasteiger charge is -2.11. The van der Waals surface area contributed by atoms with Crippen molar-refractivity contribution in [3.8, 4) is 5.75 Å². The molecule has 17 heavy (non-hydrogen) atoms. The van der Waals surface area contributed by atoms with E-state index in [1.807, 2.05) is 0 Å². The summed E-state index contributed by atoms with van der Waals surface area (Å²) in [6, 6.07) is 3.19. The maximum atomic E-state index is 11.6. The second kappa shape index (κ2) is 5.71. The fourth-order valence-corrected chi connectivity index (χ4v) is 2.79. The molecular weight excluding hydrogens is 264 g/mol. The molecule has 0 spiro atoms. The molecule has 0 unspecified atom stereocenters. The molecule has 0 atom stereocenters. The van der Waals surface area contributed by atoms with E-state index in [0.29, 0.717) is 12.8 Å². The van der Waals surface area contributed by atoms with Gasteiger partial charge in [0.1, 0.15) is 4.90 Å². The van der Waals surface area contributed by atoms with Gasteiger partial charge < -0.3 is 9.84 Å². The number of benzene rings is 1. The predicted octanol–water partition coefficient (Wildman–Crippen LogP) is 1.68. The minimum Gasteiger partial charge on any atom is -0.494 e. The largest absolute Gasteiger partial charge is 0.494 e. The van der Waals surface area contributed by atoms with Crippen molar-refractivity contribution in [3.05, 3.63) is 22.7 Å². The summed E-state index contributed by atoms with van der Waals surface area (Å²) < 4.78 is 28.2. The number of rotatable bonds is 5. The number of halogens is 1. The van der Waals surface area contributed by atoms with Gasteiger partial charge in [-0.2, -0.15) is 0 Å². The summed E-state index contributed by atoms with van der Waals surface area (Å²) in [5.74, 6) is 0.168. The highest BCUT2D eigenvalue weighted by molar-refractivity contribution is 7.90. The van der Waals surface area contributed by atoms with E-state index in [4.69, 9.17) is 21.4 Å². The van der Waals surface area contributed by atoms with E-state index in [1.54, 1.807) is 6.07 Å². The first-order valence-corrected chi connectivity index (χ1v) is 7.34. The number of aryl methyl sites for hydroxylation is 1. The van der Waals surface area contributed by atoms with Crippen LogP contribution < -0.4 is 4.74 Å². The highest BCUT2D eigenvalue weighted by Gasteiger charge is 2.18. The molecule has 0 amide bonds. The topological polar surface area (TPSA) is 63.6 Å². The molecule has 96 valence electrons. The third-order valence-electron chi connectivity index (χ3n) is 2.30. The molecule has 0 bridgehead atoms. The van der Waals surface area contributed by atoms with Gasteiger partial charge in [0.15, 0.2) is 15.6 Å². The van der Waals surface area contributed by atoms with Gasteiger partial charge in [0.05, 0.1) is 12.1 Å². The van der Waals surface area contributed by atoms with Crippen molar-refractivity contribution in [2.75, 3.05) is 20.0 Å². The van der Waals surface area contributed by atoms with Crippen LogP contribution >= 0.6 is 11.6 Å². The van der Waals surface area contributed by atoms with Crippen molar-refractivity contribution in [3.63, 3.8) is 0 Å². The number of hydrogen-bond acceptors (Lipinski definition) is 4. The molecular formula is C11H15ClO4S. The molecule has 1 rings (SSSR count). The molecule has 0 fully saturated rings.